The van der Waals surface area contributed by atoms with Crippen molar-refractivity contribution in [3.63, 3.8) is 0 Å². The van der Waals surface area contributed by atoms with Crippen molar-refractivity contribution < 1.29 is 0 Å². The van der Waals surface area contributed by atoms with Crippen LogP contribution in [0.1, 0.15) is 36.9 Å². The van der Waals surface area contributed by atoms with Gasteiger partial charge in [-0.3, -0.25) is 4.98 Å². The molecule has 14 heavy (non-hydrogen) atoms. The van der Waals surface area contributed by atoms with Crippen LogP contribution in [-0.4, -0.2) is 10.5 Å². The van der Waals surface area contributed by atoms with Gasteiger partial charge >= 0.3 is 0 Å². The molecule has 0 spiro atoms. The fourth-order valence-electron chi connectivity index (χ4n) is 2.29. The van der Waals surface area contributed by atoms with E-state index in [-0.39, 0.29) is 5.54 Å². The Morgan fingerprint density at radius 1 is 1.43 bits per heavy atom. The highest BCUT2D eigenvalue weighted by molar-refractivity contribution is 5.20. The molecular formula is C12H18N2. The molecule has 1 aromatic rings. The first-order valence-electron chi connectivity index (χ1n) is 5.39. The normalized spacial score (nSPS) is 19.9. The van der Waals surface area contributed by atoms with Gasteiger partial charge in [-0.2, -0.15) is 0 Å². The Kier molecular flexibility index (Phi) is 2.55. The second kappa shape index (κ2) is 3.70. The summed E-state index contributed by atoms with van der Waals surface area (Å²) in [5.74, 6) is 0. The Labute approximate surface area is 85.5 Å². The van der Waals surface area contributed by atoms with Crippen LogP contribution in [0.15, 0.2) is 18.3 Å². The first kappa shape index (κ1) is 9.66. The zero-order valence-electron chi connectivity index (χ0n) is 8.79. The van der Waals surface area contributed by atoms with Crippen LogP contribution in [0.5, 0.6) is 0 Å². The van der Waals surface area contributed by atoms with Crippen molar-refractivity contribution in [1.29, 1.82) is 0 Å². The van der Waals surface area contributed by atoms with Crippen molar-refractivity contribution in [3.05, 3.63) is 29.6 Å². The molecule has 0 amide bonds. The fraction of sp³-hybridized carbons (Fsp3) is 0.583. The molecule has 0 bridgehead atoms. The predicted octanol–water partition coefficient (Wildman–Crippen LogP) is 2.20. The van der Waals surface area contributed by atoms with Crippen LogP contribution in [0, 0.1) is 6.92 Å². The lowest BCUT2D eigenvalue weighted by Gasteiger charge is -2.23. The molecule has 0 saturated heterocycles. The van der Waals surface area contributed by atoms with E-state index in [1.165, 1.54) is 24.1 Å². The zero-order chi connectivity index (χ0) is 10.0. The quantitative estimate of drug-likeness (QED) is 0.776. The molecule has 1 heterocycles. The molecule has 0 aliphatic heterocycles. The standard InChI is InChI=1S/C12H18N2/c1-10-5-4-8-14-11(10)9-12(13)6-2-3-7-12/h4-5,8H,2-3,6-7,9,13H2,1H3. The third-order valence-corrected chi connectivity index (χ3v) is 3.24. The van der Waals surface area contributed by atoms with Gasteiger partial charge in [0.2, 0.25) is 0 Å². The second-order valence-corrected chi connectivity index (χ2v) is 4.51. The minimum atomic E-state index is 0.0269. The molecule has 1 aliphatic rings. The van der Waals surface area contributed by atoms with Crippen molar-refractivity contribution in [1.82, 2.24) is 4.98 Å². The summed E-state index contributed by atoms with van der Waals surface area (Å²) in [5, 5.41) is 0. The summed E-state index contributed by atoms with van der Waals surface area (Å²) in [6.45, 7) is 2.11. The first-order valence-corrected chi connectivity index (χ1v) is 5.39. The van der Waals surface area contributed by atoms with E-state index in [9.17, 15) is 0 Å². The predicted molar refractivity (Wildman–Crippen MR) is 58.1 cm³/mol. The van der Waals surface area contributed by atoms with Crippen molar-refractivity contribution in [2.24, 2.45) is 5.73 Å². The summed E-state index contributed by atoms with van der Waals surface area (Å²) in [6, 6.07) is 4.09. The molecule has 1 saturated carbocycles. The molecule has 0 atom stereocenters. The minimum Gasteiger partial charge on any atom is -0.325 e. The zero-order valence-corrected chi connectivity index (χ0v) is 8.79. The van der Waals surface area contributed by atoms with Gasteiger partial charge in [-0.25, -0.2) is 0 Å². The van der Waals surface area contributed by atoms with E-state index in [2.05, 4.69) is 18.0 Å². The van der Waals surface area contributed by atoms with Gasteiger partial charge in [0.05, 0.1) is 0 Å². The van der Waals surface area contributed by atoms with Crippen LogP contribution in [0.25, 0.3) is 0 Å². The average Bonchev–Trinajstić information content (AvgIpc) is 2.57. The third-order valence-electron chi connectivity index (χ3n) is 3.24. The van der Waals surface area contributed by atoms with E-state index < -0.39 is 0 Å². The maximum Gasteiger partial charge on any atom is 0.0451 e. The van der Waals surface area contributed by atoms with E-state index in [4.69, 9.17) is 5.73 Å². The maximum absolute atomic E-state index is 6.32. The smallest absolute Gasteiger partial charge is 0.0451 e. The van der Waals surface area contributed by atoms with Crippen molar-refractivity contribution >= 4 is 0 Å². The molecule has 2 nitrogen and oxygen atoms in total. The fourth-order valence-corrected chi connectivity index (χ4v) is 2.29. The van der Waals surface area contributed by atoms with Crippen molar-refractivity contribution in [2.45, 2.75) is 44.6 Å². The van der Waals surface area contributed by atoms with Gasteiger partial charge in [0.1, 0.15) is 0 Å². The highest BCUT2D eigenvalue weighted by Gasteiger charge is 2.30. The van der Waals surface area contributed by atoms with Gasteiger partial charge in [0.25, 0.3) is 0 Å². The SMILES string of the molecule is Cc1cccnc1CC1(N)CCCC1. The molecule has 2 rings (SSSR count). The van der Waals surface area contributed by atoms with E-state index in [0.29, 0.717) is 0 Å². The number of aryl methyl sites for hydroxylation is 1. The van der Waals surface area contributed by atoms with Crippen LogP contribution >= 0.6 is 0 Å². The highest BCUT2D eigenvalue weighted by Crippen LogP contribution is 2.30. The molecule has 2 heteroatoms. The molecule has 0 radical (unpaired) electrons. The summed E-state index contributed by atoms with van der Waals surface area (Å²) < 4.78 is 0. The number of pyridine rings is 1. The Balaban J connectivity index is 2.14. The van der Waals surface area contributed by atoms with Crippen LogP contribution < -0.4 is 5.73 Å². The van der Waals surface area contributed by atoms with Gasteiger partial charge in [-0.05, 0) is 31.4 Å². The number of hydrogen-bond acceptors (Lipinski definition) is 2. The summed E-state index contributed by atoms with van der Waals surface area (Å²) in [7, 11) is 0. The number of nitrogens with zero attached hydrogens (tertiary/aromatic N) is 1. The van der Waals surface area contributed by atoms with Gasteiger partial charge in [-0.15, -0.1) is 0 Å². The second-order valence-electron chi connectivity index (χ2n) is 4.51. The van der Waals surface area contributed by atoms with E-state index in [0.717, 1.165) is 19.3 Å². The Morgan fingerprint density at radius 2 is 2.14 bits per heavy atom. The van der Waals surface area contributed by atoms with Crippen LogP contribution in [-0.2, 0) is 6.42 Å². The number of nitrogens with two attached hydrogens (primary N) is 1. The maximum atomic E-state index is 6.32. The molecule has 2 N–H and O–H groups in total. The molecule has 1 aliphatic carbocycles. The average molecular weight is 190 g/mol. The summed E-state index contributed by atoms with van der Waals surface area (Å²) in [5.41, 5.74) is 8.79. The van der Waals surface area contributed by atoms with Gasteiger partial charge in [0, 0.05) is 23.9 Å². The lowest BCUT2D eigenvalue weighted by molar-refractivity contribution is 0.431. The van der Waals surface area contributed by atoms with E-state index in [1.807, 2.05) is 12.3 Å². The Bertz CT molecular complexity index is 314. The Morgan fingerprint density at radius 3 is 2.79 bits per heavy atom. The molecule has 1 fully saturated rings. The molecular weight excluding hydrogens is 172 g/mol. The van der Waals surface area contributed by atoms with Crippen molar-refractivity contribution in [2.75, 3.05) is 0 Å². The number of rotatable bonds is 2. The first-order chi connectivity index (χ1) is 6.70. The molecule has 1 aromatic heterocycles. The summed E-state index contributed by atoms with van der Waals surface area (Å²) in [4.78, 5) is 4.41. The summed E-state index contributed by atoms with van der Waals surface area (Å²) >= 11 is 0. The van der Waals surface area contributed by atoms with E-state index in [1.54, 1.807) is 0 Å². The Hall–Kier alpha value is -0.890. The van der Waals surface area contributed by atoms with Crippen LogP contribution in [0.4, 0.5) is 0 Å². The molecule has 76 valence electrons. The molecule has 0 aromatic carbocycles. The minimum absolute atomic E-state index is 0.0269. The van der Waals surface area contributed by atoms with Gasteiger partial charge in [-0.1, -0.05) is 18.9 Å². The number of aromatic nitrogens is 1. The van der Waals surface area contributed by atoms with Gasteiger partial charge in [0.15, 0.2) is 0 Å². The lowest BCUT2D eigenvalue weighted by Crippen LogP contribution is -2.39. The van der Waals surface area contributed by atoms with Crippen LogP contribution in [0.3, 0.4) is 0 Å². The monoisotopic (exact) mass is 190 g/mol. The van der Waals surface area contributed by atoms with E-state index >= 15 is 0 Å². The number of hydrogen-bond donors (Lipinski definition) is 1. The summed E-state index contributed by atoms with van der Waals surface area (Å²) in [6.07, 6.45) is 7.68. The van der Waals surface area contributed by atoms with Crippen molar-refractivity contribution in [3.8, 4) is 0 Å². The lowest BCUT2D eigenvalue weighted by atomic mass is 9.91. The third kappa shape index (κ3) is 1.95. The van der Waals surface area contributed by atoms with Gasteiger partial charge < -0.3 is 5.73 Å². The van der Waals surface area contributed by atoms with Crippen LogP contribution in [0.2, 0.25) is 0 Å². The highest BCUT2D eigenvalue weighted by atomic mass is 14.8. The molecule has 0 unspecified atom stereocenters. The topological polar surface area (TPSA) is 38.9 Å². The largest absolute Gasteiger partial charge is 0.325 e.